The molecule has 2 rings (SSSR count). The topological polar surface area (TPSA) is 32.3 Å². The maximum Gasteiger partial charge on any atom is 0.120 e. The van der Waals surface area contributed by atoms with E-state index in [0.717, 1.165) is 12.0 Å². The van der Waals surface area contributed by atoms with E-state index in [2.05, 4.69) is 36.7 Å². The van der Waals surface area contributed by atoms with Crippen LogP contribution in [0.1, 0.15) is 42.8 Å². The Balaban J connectivity index is 2.13. The van der Waals surface area contributed by atoms with E-state index in [1.807, 2.05) is 18.2 Å². The molecule has 2 N–H and O–H groups in total. The highest BCUT2D eigenvalue weighted by molar-refractivity contribution is 7.10. The third-order valence-corrected chi connectivity index (χ3v) is 4.20. The Bertz CT molecular complexity index is 481. The molecule has 0 aliphatic rings. The maximum absolute atomic E-state index is 9.92. The number of phenols is 1. The normalized spacial score (nSPS) is 14.3. The maximum atomic E-state index is 9.92. The van der Waals surface area contributed by atoms with Crippen LogP contribution in [0.25, 0.3) is 0 Å². The minimum atomic E-state index is 0.184. The summed E-state index contributed by atoms with van der Waals surface area (Å²) >= 11 is 1.76. The molecule has 0 radical (unpaired) electrons. The van der Waals surface area contributed by atoms with Gasteiger partial charge < -0.3 is 10.4 Å². The molecule has 2 nitrogen and oxygen atoms in total. The van der Waals surface area contributed by atoms with Crippen LogP contribution < -0.4 is 5.32 Å². The first-order valence-electron chi connectivity index (χ1n) is 6.29. The fraction of sp³-hybridized carbons (Fsp3) is 0.333. The Morgan fingerprint density at radius 3 is 2.61 bits per heavy atom. The van der Waals surface area contributed by atoms with E-state index < -0.39 is 0 Å². The molecule has 0 saturated carbocycles. The summed E-state index contributed by atoms with van der Waals surface area (Å²) in [6.07, 6.45) is 0.952. The second-order valence-electron chi connectivity index (χ2n) is 4.42. The van der Waals surface area contributed by atoms with Crippen molar-refractivity contribution in [2.24, 2.45) is 0 Å². The van der Waals surface area contributed by atoms with Crippen molar-refractivity contribution in [3.8, 4) is 5.75 Å². The molecule has 0 spiro atoms. The summed E-state index contributed by atoms with van der Waals surface area (Å²) in [7, 11) is 0. The highest BCUT2D eigenvalue weighted by Gasteiger charge is 2.16. The van der Waals surface area contributed by atoms with Crippen molar-refractivity contribution in [1.29, 1.82) is 0 Å². The van der Waals surface area contributed by atoms with Gasteiger partial charge >= 0.3 is 0 Å². The number of benzene rings is 1. The third-order valence-electron chi connectivity index (χ3n) is 3.14. The van der Waals surface area contributed by atoms with E-state index in [0.29, 0.717) is 11.8 Å². The first-order valence-corrected chi connectivity index (χ1v) is 7.17. The van der Waals surface area contributed by atoms with Crippen molar-refractivity contribution in [3.05, 3.63) is 52.2 Å². The molecular formula is C15H19NOS. The van der Waals surface area contributed by atoms with Crippen LogP contribution in [0.4, 0.5) is 0 Å². The van der Waals surface area contributed by atoms with Gasteiger partial charge in [-0.05, 0) is 30.9 Å². The van der Waals surface area contributed by atoms with Crippen LogP contribution >= 0.6 is 11.3 Å². The van der Waals surface area contributed by atoms with E-state index in [4.69, 9.17) is 0 Å². The van der Waals surface area contributed by atoms with Crippen LogP contribution in [-0.4, -0.2) is 5.11 Å². The van der Waals surface area contributed by atoms with Crippen molar-refractivity contribution in [3.63, 3.8) is 0 Å². The molecule has 2 atom stereocenters. The molecule has 1 aromatic heterocycles. The van der Waals surface area contributed by atoms with Gasteiger partial charge in [0.25, 0.3) is 0 Å². The van der Waals surface area contributed by atoms with Crippen molar-refractivity contribution in [2.75, 3.05) is 0 Å². The lowest BCUT2D eigenvalue weighted by molar-refractivity contribution is 0.421. The van der Waals surface area contributed by atoms with E-state index in [-0.39, 0.29) is 6.04 Å². The van der Waals surface area contributed by atoms with E-state index in [1.54, 1.807) is 17.4 Å². The number of nitrogens with one attached hydrogen (secondary N) is 1. The molecule has 0 fully saturated rings. The zero-order valence-electron chi connectivity index (χ0n) is 10.8. The van der Waals surface area contributed by atoms with Crippen LogP contribution in [0.2, 0.25) is 0 Å². The zero-order chi connectivity index (χ0) is 13.0. The first kappa shape index (κ1) is 13.1. The molecule has 1 heterocycles. The average molecular weight is 261 g/mol. The van der Waals surface area contributed by atoms with Crippen LogP contribution in [0.5, 0.6) is 5.75 Å². The Labute approximate surface area is 112 Å². The molecule has 0 amide bonds. The Kier molecular flexibility index (Phi) is 4.39. The Morgan fingerprint density at radius 1 is 1.22 bits per heavy atom. The summed E-state index contributed by atoms with van der Waals surface area (Å²) < 4.78 is 0. The number of hydrogen-bond donors (Lipinski definition) is 2. The number of aromatic hydroxyl groups is 1. The molecule has 96 valence electrons. The Morgan fingerprint density at radius 2 is 2.00 bits per heavy atom. The highest BCUT2D eigenvalue weighted by Crippen LogP contribution is 2.29. The van der Waals surface area contributed by atoms with Gasteiger partial charge in [0.05, 0.1) is 0 Å². The van der Waals surface area contributed by atoms with Crippen LogP contribution in [0, 0.1) is 0 Å². The first-order chi connectivity index (χ1) is 8.72. The summed E-state index contributed by atoms with van der Waals surface area (Å²) in [5.41, 5.74) is 0.975. The number of thiophene rings is 1. The highest BCUT2D eigenvalue weighted by atomic mass is 32.1. The molecule has 0 aliphatic carbocycles. The van der Waals surface area contributed by atoms with Gasteiger partial charge in [-0.1, -0.05) is 31.2 Å². The van der Waals surface area contributed by atoms with E-state index in [9.17, 15) is 5.11 Å². The minimum absolute atomic E-state index is 0.184. The van der Waals surface area contributed by atoms with Gasteiger partial charge in [0.1, 0.15) is 5.75 Å². The second-order valence-corrected chi connectivity index (χ2v) is 5.40. The molecule has 18 heavy (non-hydrogen) atoms. The molecule has 1 unspecified atom stereocenters. The van der Waals surface area contributed by atoms with Gasteiger partial charge in [-0.15, -0.1) is 11.3 Å². The summed E-state index contributed by atoms with van der Waals surface area (Å²) in [4.78, 5) is 1.32. The van der Waals surface area contributed by atoms with Crippen LogP contribution in [-0.2, 0) is 0 Å². The molecule has 0 bridgehead atoms. The quantitative estimate of drug-likeness (QED) is 0.843. The molecule has 2 aromatic rings. The molecule has 0 aliphatic heterocycles. The van der Waals surface area contributed by atoms with E-state index >= 15 is 0 Å². The van der Waals surface area contributed by atoms with Crippen molar-refractivity contribution >= 4 is 11.3 Å². The average Bonchev–Trinajstić information content (AvgIpc) is 2.90. The van der Waals surface area contributed by atoms with Gasteiger partial charge in [-0.25, -0.2) is 0 Å². The van der Waals surface area contributed by atoms with Gasteiger partial charge in [0, 0.05) is 22.5 Å². The molecule has 1 aromatic carbocycles. The van der Waals surface area contributed by atoms with Crippen molar-refractivity contribution < 1.29 is 5.11 Å². The third kappa shape index (κ3) is 2.92. The lowest BCUT2D eigenvalue weighted by Crippen LogP contribution is -2.23. The molecule has 3 heteroatoms. The molecular weight excluding hydrogens is 242 g/mol. The summed E-state index contributed by atoms with van der Waals surface area (Å²) in [5, 5.41) is 15.6. The number of rotatable bonds is 5. The second kappa shape index (κ2) is 6.03. The molecule has 0 saturated heterocycles. The zero-order valence-corrected chi connectivity index (χ0v) is 11.6. The smallest absolute Gasteiger partial charge is 0.120 e. The summed E-state index contributed by atoms with van der Waals surface area (Å²) in [6.45, 7) is 4.29. The monoisotopic (exact) mass is 261 g/mol. The fourth-order valence-electron chi connectivity index (χ4n) is 2.13. The van der Waals surface area contributed by atoms with Gasteiger partial charge in [0.15, 0.2) is 0 Å². The standard InChI is InChI=1S/C15H19NOS/c1-3-13(12-7-4-5-8-14(12)17)16-11(2)15-9-6-10-18-15/h4-11,13,16-17H,3H2,1-2H3/t11-,13?/m0/s1. The number of para-hydroxylation sites is 1. The van der Waals surface area contributed by atoms with Gasteiger partial charge in [-0.2, -0.15) is 0 Å². The summed E-state index contributed by atoms with van der Waals surface area (Å²) in [5.74, 6) is 0.371. The predicted molar refractivity (Wildman–Crippen MR) is 77.0 cm³/mol. The lowest BCUT2D eigenvalue weighted by Gasteiger charge is -2.22. The fourth-order valence-corrected chi connectivity index (χ4v) is 2.87. The predicted octanol–water partition coefficient (Wildman–Crippen LogP) is 4.26. The van der Waals surface area contributed by atoms with Crippen molar-refractivity contribution in [2.45, 2.75) is 32.4 Å². The van der Waals surface area contributed by atoms with Gasteiger partial charge in [0.2, 0.25) is 0 Å². The van der Waals surface area contributed by atoms with Gasteiger partial charge in [-0.3, -0.25) is 0 Å². The largest absolute Gasteiger partial charge is 0.508 e. The number of hydrogen-bond acceptors (Lipinski definition) is 3. The minimum Gasteiger partial charge on any atom is -0.508 e. The Hall–Kier alpha value is -1.32. The van der Waals surface area contributed by atoms with Crippen molar-refractivity contribution in [1.82, 2.24) is 5.32 Å². The lowest BCUT2D eigenvalue weighted by atomic mass is 10.0. The van der Waals surface area contributed by atoms with E-state index in [1.165, 1.54) is 4.88 Å². The SMILES string of the molecule is CCC(N[C@@H](C)c1cccs1)c1ccccc1O. The van der Waals surface area contributed by atoms with Crippen LogP contribution in [0.15, 0.2) is 41.8 Å². The summed E-state index contributed by atoms with van der Waals surface area (Å²) in [6, 6.07) is 12.2. The van der Waals surface area contributed by atoms with Crippen LogP contribution in [0.3, 0.4) is 0 Å². The number of phenolic OH excluding ortho intramolecular Hbond substituents is 1.